The normalized spacial score (nSPS) is 10.9. The lowest BCUT2D eigenvalue weighted by Gasteiger charge is -1.96. The molecule has 13 heavy (non-hydrogen) atoms. The fraction of sp³-hybridized carbons (Fsp3) is 0.300. The monoisotopic (exact) mass is 175 g/mol. The van der Waals surface area contributed by atoms with Gasteiger partial charge in [-0.3, -0.25) is 0 Å². The number of nitrogens with zero attached hydrogens (tertiary/aromatic N) is 1. The summed E-state index contributed by atoms with van der Waals surface area (Å²) in [5.74, 6) is 0.958. The summed E-state index contributed by atoms with van der Waals surface area (Å²) in [5.41, 5.74) is 8.86. The smallest absolute Gasteiger partial charge is 0.104 e. The average molecular weight is 175 g/mol. The molecule has 0 aliphatic rings. The number of benzene rings is 1. The lowest BCUT2D eigenvalue weighted by Crippen LogP contribution is -2.02. The van der Waals surface area contributed by atoms with Crippen LogP contribution in [-0.2, 0) is 6.42 Å². The average Bonchev–Trinajstić information content (AvgIpc) is 2.44. The maximum atomic E-state index is 5.48. The van der Waals surface area contributed by atoms with E-state index in [2.05, 4.69) is 28.2 Å². The van der Waals surface area contributed by atoms with Crippen molar-refractivity contribution < 1.29 is 0 Å². The standard InChI is InChI=1S/C10H13N3/c1-7-12-9-3-2-8(4-5-11)6-10(9)13-7/h2-3,6H,4-5,11H2,1H3,(H,12,13). The fourth-order valence-electron chi connectivity index (χ4n) is 1.50. The van der Waals surface area contributed by atoms with Gasteiger partial charge in [-0.15, -0.1) is 0 Å². The van der Waals surface area contributed by atoms with Crippen LogP contribution in [0.25, 0.3) is 11.0 Å². The van der Waals surface area contributed by atoms with Crippen molar-refractivity contribution in [3.8, 4) is 0 Å². The first-order valence-corrected chi connectivity index (χ1v) is 4.45. The molecule has 0 saturated carbocycles. The van der Waals surface area contributed by atoms with Crippen LogP contribution in [0.1, 0.15) is 11.4 Å². The zero-order valence-electron chi connectivity index (χ0n) is 7.67. The molecule has 3 nitrogen and oxygen atoms in total. The lowest BCUT2D eigenvalue weighted by atomic mass is 10.1. The minimum Gasteiger partial charge on any atom is -0.342 e. The van der Waals surface area contributed by atoms with Gasteiger partial charge >= 0.3 is 0 Å². The minimum absolute atomic E-state index is 0.689. The first-order valence-electron chi connectivity index (χ1n) is 4.45. The zero-order valence-corrected chi connectivity index (χ0v) is 7.67. The number of fused-ring (bicyclic) bond motifs is 1. The number of nitrogens with one attached hydrogen (secondary N) is 1. The number of aromatic amines is 1. The van der Waals surface area contributed by atoms with Crippen LogP contribution in [-0.4, -0.2) is 16.5 Å². The molecule has 0 spiro atoms. The molecule has 0 amide bonds. The Bertz CT molecular complexity index is 417. The number of hydrogen-bond acceptors (Lipinski definition) is 2. The third-order valence-corrected chi connectivity index (χ3v) is 2.10. The molecular formula is C10H13N3. The molecule has 2 rings (SSSR count). The van der Waals surface area contributed by atoms with E-state index in [1.165, 1.54) is 5.56 Å². The van der Waals surface area contributed by atoms with Gasteiger partial charge < -0.3 is 10.7 Å². The lowest BCUT2D eigenvalue weighted by molar-refractivity contribution is 0.970. The van der Waals surface area contributed by atoms with Crippen LogP contribution >= 0.6 is 0 Å². The molecule has 0 radical (unpaired) electrons. The molecule has 1 aromatic carbocycles. The molecule has 1 heterocycles. The Hall–Kier alpha value is -1.35. The van der Waals surface area contributed by atoms with Crippen molar-refractivity contribution in [3.05, 3.63) is 29.6 Å². The molecular weight excluding hydrogens is 162 g/mol. The van der Waals surface area contributed by atoms with Gasteiger partial charge in [0.25, 0.3) is 0 Å². The van der Waals surface area contributed by atoms with Crippen LogP contribution in [0.15, 0.2) is 18.2 Å². The van der Waals surface area contributed by atoms with Crippen molar-refractivity contribution in [1.29, 1.82) is 0 Å². The molecule has 0 bridgehead atoms. The summed E-state index contributed by atoms with van der Waals surface area (Å²) < 4.78 is 0. The van der Waals surface area contributed by atoms with E-state index in [1.54, 1.807) is 0 Å². The Kier molecular flexibility index (Phi) is 2.02. The third kappa shape index (κ3) is 1.55. The van der Waals surface area contributed by atoms with E-state index in [4.69, 9.17) is 5.73 Å². The Morgan fingerprint density at radius 1 is 1.46 bits per heavy atom. The van der Waals surface area contributed by atoms with Crippen molar-refractivity contribution in [2.45, 2.75) is 13.3 Å². The number of hydrogen-bond donors (Lipinski definition) is 2. The highest BCUT2D eigenvalue weighted by molar-refractivity contribution is 5.75. The van der Waals surface area contributed by atoms with Gasteiger partial charge in [-0.25, -0.2) is 4.98 Å². The number of H-pyrrole nitrogens is 1. The van der Waals surface area contributed by atoms with E-state index in [0.717, 1.165) is 23.3 Å². The number of aromatic nitrogens is 2. The second kappa shape index (κ2) is 3.18. The number of nitrogens with two attached hydrogens (primary N) is 1. The minimum atomic E-state index is 0.689. The Morgan fingerprint density at radius 2 is 2.31 bits per heavy atom. The summed E-state index contributed by atoms with van der Waals surface area (Å²) in [6.45, 7) is 2.65. The van der Waals surface area contributed by atoms with Gasteiger partial charge in [0, 0.05) is 0 Å². The van der Waals surface area contributed by atoms with Gasteiger partial charge in [0.1, 0.15) is 5.82 Å². The summed E-state index contributed by atoms with van der Waals surface area (Å²) in [6, 6.07) is 6.23. The highest BCUT2D eigenvalue weighted by atomic mass is 14.9. The first kappa shape index (κ1) is 8.26. The second-order valence-corrected chi connectivity index (χ2v) is 3.21. The van der Waals surface area contributed by atoms with E-state index < -0.39 is 0 Å². The van der Waals surface area contributed by atoms with E-state index in [1.807, 2.05) is 6.92 Å². The van der Waals surface area contributed by atoms with Crippen molar-refractivity contribution in [2.75, 3.05) is 6.54 Å². The fourth-order valence-corrected chi connectivity index (χ4v) is 1.50. The number of aryl methyl sites for hydroxylation is 1. The van der Waals surface area contributed by atoms with Gasteiger partial charge in [0.05, 0.1) is 11.0 Å². The molecule has 0 saturated heterocycles. The van der Waals surface area contributed by atoms with Gasteiger partial charge in [-0.2, -0.15) is 0 Å². The molecule has 2 aromatic rings. The molecule has 0 unspecified atom stereocenters. The molecule has 1 aromatic heterocycles. The van der Waals surface area contributed by atoms with Gasteiger partial charge in [-0.1, -0.05) is 6.07 Å². The van der Waals surface area contributed by atoms with Crippen LogP contribution in [0, 0.1) is 6.92 Å². The molecule has 0 fully saturated rings. The van der Waals surface area contributed by atoms with Gasteiger partial charge in [0.2, 0.25) is 0 Å². The van der Waals surface area contributed by atoms with E-state index >= 15 is 0 Å². The van der Waals surface area contributed by atoms with Crippen molar-refractivity contribution in [2.24, 2.45) is 5.73 Å². The first-order chi connectivity index (χ1) is 6.29. The maximum absolute atomic E-state index is 5.48. The molecule has 3 N–H and O–H groups in total. The molecule has 0 aliphatic heterocycles. The third-order valence-electron chi connectivity index (χ3n) is 2.10. The Morgan fingerprint density at radius 3 is 3.08 bits per heavy atom. The van der Waals surface area contributed by atoms with Crippen LogP contribution in [0.3, 0.4) is 0 Å². The largest absolute Gasteiger partial charge is 0.342 e. The van der Waals surface area contributed by atoms with E-state index in [0.29, 0.717) is 6.54 Å². The summed E-state index contributed by atoms with van der Waals surface area (Å²) >= 11 is 0. The summed E-state index contributed by atoms with van der Waals surface area (Å²) in [7, 11) is 0. The molecule has 0 atom stereocenters. The predicted molar refractivity (Wildman–Crippen MR) is 53.6 cm³/mol. The Labute approximate surface area is 77.0 Å². The van der Waals surface area contributed by atoms with Crippen LogP contribution in [0.2, 0.25) is 0 Å². The number of imidazole rings is 1. The topological polar surface area (TPSA) is 54.7 Å². The van der Waals surface area contributed by atoms with Crippen LogP contribution in [0.4, 0.5) is 0 Å². The quantitative estimate of drug-likeness (QED) is 0.724. The van der Waals surface area contributed by atoms with E-state index in [-0.39, 0.29) is 0 Å². The maximum Gasteiger partial charge on any atom is 0.104 e. The van der Waals surface area contributed by atoms with Crippen molar-refractivity contribution in [1.82, 2.24) is 9.97 Å². The highest BCUT2D eigenvalue weighted by Crippen LogP contribution is 2.13. The van der Waals surface area contributed by atoms with Crippen molar-refractivity contribution in [3.63, 3.8) is 0 Å². The van der Waals surface area contributed by atoms with Gasteiger partial charge in [-0.05, 0) is 37.6 Å². The van der Waals surface area contributed by atoms with Gasteiger partial charge in [0.15, 0.2) is 0 Å². The number of rotatable bonds is 2. The molecule has 68 valence electrons. The predicted octanol–water partition coefficient (Wildman–Crippen LogP) is 1.37. The molecule has 3 heteroatoms. The summed E-state index contributed by atoms with van der Waals surface area (Å²) in [6.07, 6.45) is 0.918. The van der Waals surface area contributed by atoms with Crippen molar-refractivity contribution >= 4 is 11.0 Å². The highest BCUT2D eigenvalue weighted by Gasteiger charge is 1.99. The summed E-state index contributed by atoms with van der Waals surface area (Å²) in [5, 5.41) is 0. The van der Waals surface area contributed by atoms with Crippen LogP contribution in [0.5, 0.6) is 0 Å². The Balaban J connectivity index is 2.48. The molecule has 0 aliphatic carbocycles. The second-order valence-electron chi connectivity index (χ2n) is 3.21. The SMILES string of the molecule is Cc1nc2cc(CCN)ccc2[nH]1. The van der Waals surface area contributed by atoms with Crippen LogP contribution < -0.4 is 5.73 Å². The van der Waals surface area contributed by atoms with E-state index in [9.17, 15) is 0 Å². The zero-order chi connectivity index (χ0) is 9.26. The summed E-state index contributed by atoms with van der Waals surface area (Å²) in [4.78, 5) is 7.55.